The van der Waals surface area contributed by atoms with Gasteiger partial charge in [0, 0.05) is 7.05 Å². The van der Waals surface area contributed by atoms with Gasteiger partial charge in [0.15, 0.2) is 11.5 Å². The summed E-state index contributed by atoms with van der Waals surface area (Å²) in [6, 6.07) is 9.09. The molecule has 0 aliphatic rings. The smallest absolute Gasteiger partial charge is 0.338 e. The Balaban J connectivity index is 2.20. The highest BCUT2D eigenvalue weighted by molar-refractivity contribution is 7.89. The lowest BCUT2D eigenvalue weighted by Crippen LogP contribution is -2.25. The van der Waals surface area contributed by atoms with Gasteiger partial charge in [-0.2, -0.15) is 0 Å². The molecule has 0 radical (unpaired) electrons. The van der Waals surface area contributed by atoms with Crippen molar-refractivity contribution >= 4 is 16.0 Å². The number of nitrogens with zero attached hydrogens (tertiary/aromatic N) is 1. The minimum absolute atomic E-state index is 0.0000273. The molecule has 2 aromatic carbocycles. The Hall–Kier alpha value is -2.62. The molecule has 0 bridgehead atoms. The van der Waals surface area contributed by atoms with Crippen molar-refractivity contribution in [3.8, 4) is 11.5 Å². The van der Waals surface area contributed by atoms with Gasteiger partial charge in [-0.1, -0.05) is 10.5 Å². The van der Waals surface area contributed by atoms with E-state index in [0.717, 1.165) is 11.1 Å². The number of rotatable bonds is 8. The van der Waals surface area contributed by atoms with E-state index < -0.39 is 16.0 Å². The number of carbonyl (C=O) groups excluding carboxylic acids is 1. The number of hydroxylamine groups is 1. The molecule has 8 nitrogen and oxygen atoms in total. The third-order valence-electron chi connectivity index (χ3n) is 4.16. The van der Waals surface area contributed by atoms with E-state index in [4.69, 9.17) is 19.0 Å². The number of carbonyl (C=O) groups is 1. The second kappa shape index (κ2) is 9.05. The lowest BCUT2D eigenvalue weighted by Gasteiger charge is -2.15. The van der Waals surface area contributed by atoms with E-state index in [1.165, 1.54) is 45.5 Å². The topological polar surface area (TPSA) is 91.4 Å². The van der Waals surface area contributed by atoms with Gasteiger partial charge in [-0.15, -0.1) is 0 Å². The van der Waals surface area contributed by atoms with Crippen LogP contribution in [-0.2, 0) is 26.2 Å². The van der Waals surface area contributed by atoms with E-state index >= 15 is 0 Å². The lowest BCUT2D eigenvalue weighted by atomic mass is 10.1. The first-order chi connectivity index (χ1) is 13.2. The van der Waals surface area contributed by atoms with Gasteiger partial charge in [0.05, 0.1) is 31.8 Å². The third kappa shape index (κ3) is 4.61. The Labute approximate surface area is 164 Å². The molecule has 0 spiro atoms. The molecule has 9 heteroatoms. The number of ether oxygens (including phenoxy) is 3. The molecule has 0 aromatic heterocycles. The first kappa shape index (κ1) is 21.7. The molecular weight excluding hydrogens is 386 g/mol. The molecule has 152 valence electrons. The fourth-order valence-electron chi connectivity index (χ4n) is 2.43. The molecule has 0 N–H and O–H groups in total. The summed E-state index contributed by atoms with van der Waals surface area (Å²) < 4.78 is 41.2. The molecular formula is C19H23NO7S. The minimum Gasteiger partial charge on any atom is -0.493 e. The zero-order valence-corrected chi connectivity index (χ0v) is 17.2. The van der Waals surface area contributed by atoms with E-state index in [1.54, 1.807) is 19.2 Å². The van der Waals surface area contributed by atoms with Crippen LogP contribution < -0.4 is 9.47 Å². The van der Waals surface area contributed by atoms with Gasteiger partial charge < -0.3 is 14.2 Å². The molecule has 0 fully saturated rings. The molecule has 0 aliphatic carbocycles. The average Bonchev–Trinajstić information content (AvgIpc) is 2.71. The van der Waals surface area contributed by atoms with Crippen molar-refractivity contribution in [1.29, 1.82) is 0 Å². The highest BCUT2D eigenvalue weighted by Crippen LogP contribution is 2.30. The SMILES string of the molecule is COc1cc(C)c(COC(=O)c2cccc(S(=O)(=O)N(C)OC)c2)cc1OC. The maximum absolute atomic E-state index is 12.4. The molecule has 0 heterocycles. The predicted molar refractivity (Wildman–Crippen MR) is 102 cm³/mol. The van der Waals surface area contributed by atoms with Crippen LogP contribution in [0.2, 0.25) is 0 Å². The Kier molecular flexibility index (Phi) is 7.00. The van der Waals surface area contributed by atoms with Crippen molar-refractivity contribution in [3.05, 3.63) is 53.1 Å². The van der Waals surface area contributed by atoms with Crippen molar-refractivity contribution in [2.24, 2.45) is 0 Å². The molecule has 2 rings (SSSR count). The van der Waals surface area contributed by atoms with Crippen LogP contribution in [0, 0.1) is 6.92 Å². The summed E-state index contributed by atoms with van der Waals surface area (Å²) in [5, 5.41) is 0. The normalized spacial score (nSPS) is 11.4. The summed E-state index contributed by atoms with van der Waals surface area (Å²) in [4.78, 5) is 17.1. The molecule has 0 unspecified atom stereocenters. The van der Waals surface area contributed by atoms with Crippen molar-refractivity contribution < 1.29 is 32.3 Å². The fourth-order valence-corrected chi connectivity index (χ4v) is 3.45. The van der Waals surface area contributed by atoms with E-state index in [-0.39, 0.29) is 17.1 Å². The third-order valence-corrected chi connectivity index (χ3v) is 5.84. The quantitative estimate of drug-likeness (QED) is 0.489. The zero-order valence-electron chi connectivity index (χ0n) is 16.4. The fraction of sp³-hybridized carbons (Fsp3) is 0.316. The number of esters is 1. The van der Waals surface area contributed by atoms with Crippen molar-refractivity contribution in [3.63, 3.8) is 0 Å². The van der Waals surface area contributed by atoms with E-state index in [0.29, 0.717) is 16.0 Å². The Morgan fingerprint density at radius 2 is 1.68 bits per heavy atom. The monoisotopic (exact) mass is 409 g/mol. The summed E-state index contributed by atoms with van der Waals surface area (Å²) in [5.74, 6) is 0.455. The van der Waals surface area contributed by atoms with Gasteiger partial charge >= 0.3 is 5.97 Å². The van der Waals surface area contributed by atoms with Crippen LogP contribution in [0.4, 0.5) is 0 Å². The van der Waals surface area contributed by atoms with Gasteiger partial charge in [0.25, 0.3) is 10.0 Å². The predicted octanol–water partition coefficient (Wildman–Crippen LogP) is 2.55. The Morgan fingerprint density at radius 1 is 1.04 bits per heavy atom. The van der Waals surface area contributed by atoms with Crippen LogP contribution in [0.25, 0.3) is 0 Å². The molecule has 0 atom stereocenters. The number of benzene rings is 2. The van der Waals surface area contributed by atoms with Crippen molar-refractivity contribution in [2.45, 2.75) is 18.4 Å². The highest BCUT2D eigenvalue weighted by atomic mass is 32.2. The van der Waals surface area contributed by atoms with Crippen LogP contribution in [0.15, 0.2) is 41.3 Å². The maximum atomic E-state index is 12.4. The maximum Gasteiger partial charge on any atom is 0.338 e. The molecule has 0 aliphatic heterocycles. The zero-order chi connectivity index (χ0) is 20.9. The lowest BCUT2D eigenvalue weighted by molar-refractivity contribution is -0.0258. The first-order valence-electron chi connectivity index (χ1n) is 8.26. The summed E-state index contributed by atoms with van der Waals surface area (Å²) in [5.41, 5.74) is 1.72. The van der Waals surface area contributed by atoms with Gasteiger partial charge in [-0.25, -0.2) is 13.2 Å². The largest absolute Gasteiger partial charge is 0.493 e. The number of hydrogen-bond acceptors (Lipinski definition) is 7. The first-order valence-corrected chi connectivity index (χ1v) is 9.70. The van der Waals surface area contributed by atoms with Crippen LogP contribution >= 0.6 is 0 Å². The number of aryl methyl sites for hydroxylation is 1. The molecule has 28 heavy (non-hydrogen) atoms. The molecule has 2 aromatic rings. The number of hydrogen-bond donors (Lipinski definition) is 0. The van der Waals surface area contributed by atoms with Gasteiger partial charge in [0.2, 0.25) is 0 Å². The standard InChI is InChI=1S/C19H23NO7S/c1-13-9-17(24-3)18(25-4)11-15(13)12-27-19(21)14-7-6-8-16(10-14)28(22,23)20(2)26-5/h6-11H,12H2,1-5H3. The molecule has 0 saturated heterocycles. The Bertz CT molecular complexity index is 957. The van der Waals surface area contributed by atoms with Crippen LogP contribution in [0.3, 0.4) is 0 Å². The van der Waals surface area contributed by atoms with Crippen molar-refractivity contribution in [1.82, 2.24) is 4.47 Å². The van der Waals surface area contributed by atoms with Gasteiger partial charge in [0.1, 0.15) is 6.61 Å². The van der Waals surface area contributed by atoms with Gasteiger partial charge in [-0.05, 0) is 48.4 Å². The Morgan fingerprint density at radius 3 is 2.29 bits per heavy atom. The summed E-state index contributed by atoms with van der Waals surface area (Å²) in [6.07, 6.45) is 0. The second-order valence-electron chi connectivity index (χ2n) is 5.83. The highest BCUT2D eigenvalue weighted by Gasteiger charge is 2.22. The summed E-state index contributed by atoms with van der Waals surface area (Å²) >= 11 is 0. The van der Waals surface area contributed by atoms with Crippen LogP contribution in [0.5, 0.6) is 11.5 Å². The number of methoxy groups -OCH3 is 2. The van der Waals surface area contributed by atoms with Crippen LogP contribution in [-0.4, -0.2) is 47.2 Å². The van der Waals surface area contributed by atoms with Gasteiger partial charge in [-0.3, -0.25) is 4.84 Å². The average molecular weight is 409 g/mol. The molecule has 0 amide bonds. The van der Waals surface area contributed by atoms with E-state index in [1.807, 2.05) is 6.92 Å². The van der Waals surface area contributed by atoms with Crippen LogP contribution in [0.1, 0.15) is 21.5 Å². The van der Waals surface area contributed by atoms with Crippen molar-refractivity contribution in [2.75, 3.05) is 28.4 Å². The van der Waals surface area contributed by atoms with E-state index in [2.05, 4.69) is 0 Å². The summed E-state index contributed by atoms with van der Waals surface area (Å²) in [6.45, 7) is 1.86. The number of sulfonamides is 1. The second-order valence-corrected chi connectivity index (χ2v) is 7.77. The van der Waals surface area contributed by atoms with E-state index in [9.17, 15) is 13.2 Å². The summed E-state index contributed by atoms with van der Waals surface area (Å²) in [7, 11) is 1.70. The minimum atomic E-state index is -3.86. The molecule has 0 saturated carbocycles.